The van der Waals surface area contributed by atoms with E-state index in [9.17, 15) is 0 Å². The Labute approximate surface area is 164 Å². The van der Waals surface area contributed by atoms with Gasteiger partial charge in [0.05, 0.1) is 13.2 Å². The van der Waals surface area contributed by atoms with Gasteiger partial charge < -0.3 is 15.4 Å². The van der Waals surface area contributed by atoms with Crippen LogP contribution in [-0.2, 0) is 0 Å². The molecule has 3 atom stereocenters. The molecule has 4 heterocycles. The summed E-state index contributed by atoms with van der Waals surface area (Å²) in [6, 6.07) is 7.34. The SMILES string of the molecule is COc1cc(Nc2cc(C)[nH]n2)nc(NC2C[C@H]3CC[C@@H](C2)N3CCC#N)n1. The Morgan fingerprint density at radius 2 is 2.04 bits per heavy atom. The monoisotopic (exact) mass is 382 g/mol. The quantitative estimate of drug-likeness (QED) is 0.669. The molecule has 3 N–H and O–H groups in total. The first-order chi connectivity index (χ1) is 13.6. The summed E-state index contributed by atoms with van der Waals surface area (Å²) < 4.78 is 5.35. The molecule has 4 rings (SSSR count). The van der Waals surface area contributed by atoms with E-state index in [0.29, 0.717) is 48.0 Å². The summed E-state index contributed by atoms with van der Waals surface area (Å²) in [5, 5.41) is 22.7. The Bertz CT molecular complexity index is 846. The summed E-state index contributed by atoms with van der Waals surface area (Å²) in [6.07, 6.45) is 5.11. The Morgan fingerprint density at radius 3 is 2.68 bits per heavy atom. The number of anilines is 3. The lowest BCUT2D eigenvalue weighted by Crippen LogP contribution is -2.47. The first kappa shape index (κ1) is 18.5. The van der Waals surface area contributed by atoms with E-state index in [-0.39, 0.29) is 0 Å². The molecule has 2 aromatic rings. The Kier molecular flexibility index (Phi) is 5.30. The molecule has 0 saturated carbocycles. The number of piperidine rings is 1. The summed E-state index contributed by atoms with van der Waals surface area (Å²) >= 11 is 0. The van der Waals surface area contributed by atoms with E-state index in [1.54, 1.807) is 13.2 Å². The van der Waals surface area contributed by atoms with Gasteiger partial charge in [-0.3, -0.25) is 10.00 Å². The molecule has 2 aromatic heterocycles. The van der Waals surface area contributed by atoms with Crippen molar-refractivity contribution in [1.29, 1.82) is 5.26 Å². The minimum absolute atomic E-state index is 0.323. The van der Waals surface area contributed by atoms with E-state index in [0.717, 1.165) is 25.1 Å². The molecule has 2 aliphatic heterocycles. The van der Waals surface area contributed by atoms with Crippen LogP contribution >= 0.6 is 0 Å². The number of hydrogen-bond donors (Lipinski definition) is 3. The number of aryl methyl sites for hydroxylation is 1. The predicted molar refractivity (Wildman–Crippen MR) is 106 cm³/mol. The van der Waals surface area contributed by atoms with Gasteiger partial charge in [-0.2, -0.15) is 20.3 Å². The molecule has 0 radical (unpaired) electrons. The number of ether oxygens (including phenoxy) is 1. The van der Waals surface area contributed by atoms with Crippen molar-refractivity contribution < 1.29 is 4.74 Å². The molecule has 1 unspecified atom stereocenters. The van der Waals surface area contributed by atoms with Crippen molar-refractivity contribution in [3.05, 3.63) is 17.8 Å². The van der Waals surface area contributed by atoms with Crippen LogP contribution in [0.4, 0.5) is 17.6 Å². The van der Waals surface area contributed by atoms with Crippen LogP contribution in [0.3, 0.4) is 0 Å². The van der Waals surface area contributed by atoms with Crippen molar-refractivity contribution in [2.75, 3.05) is 24.3 Å². The van der Waals surface area contributed by atoms with Gasteiger partial charge >= 0.3 is 0 Å². The molecule has 0 spiro atoms. The molecular formula is C19H26N8O. The maximum Gasteiger partial charge on any atom is 0.228 e. The van der Waals surface area contributed by atoms with E-state index < -0.39 is 0 Å². The lowest BCUT2D eigenvalue weighted by Gasteiger charge is -2.38. The first-order valence-corrected chi connectivity index (χ1v) is 9.76. The van der Waals surface area contributed by atoms with Gasteiger partial charge in [-0.15, -0.1) is 0 Å². The summed E-state index contributed by atoms with van der Waals surface area (Å²) in [5.41, 5.74) is 0.973. The van der Waals surface area contributed by atoms with Gasteiger partial charge in [-0.25, -0.2) is 0 Å². The predicted octanol–water partition coefficient (Wildman–Crippen LogP) is 2.58. The molecule has 2 bridgehead atoms. The summed E-state index contributed by atoms with van der Waals surface area (Å²) in [7, 11) is 1.60. The maximum atomic E-state index is 8.89. The standard InChI is InChI=1S/C19H26N8O/c1-12-8-17(26-25-12)22-16-11-18(28-2)24-19(23-16)21-13-9-14-4-5-15(10-13)27(14)7-3-6-20/h8,11,13-15H,3-5,7,9-10H2,1-2H3,(H3,21,22,23,24,25,26)/t13?,14-,15+. The molecule has 2 aliphatic rings. The van der Waals surface area contributed by atoms with E-state index in [4.69, 9.17) is 10.00 Å². The van der Waals surface area contributed by atoms with Gasteiger partial charge in [0, 0.05) is 48.9 Å². The number of fused-ring (bicyclic) bond motifs is 2. The average Bonchev–Trinajstić information content (AvgIpc) is 3.19. The third-order valence-electron chi connectivity index (χ3n) is 5.57. The molecular weight excluding hydrogens is 356 g/mol. The van der Waals surface area contributed by atoms with Gasteiger partial charge in [-0.05, 0) is 32.6 Å². The second-order valence-electron chi connectivity index (χ2n) is 7.52. The van der Waals surface area contributed by atoms with Crippen LogP contribution in [0, 0.1) is 18.3 Å². The minimum Gasteiger partial charge on any atom is -0.481 e. The molecule has 2 saturated heterocycles. The van der Waals surface area contributed by atoms with E-state index >= 15 is 0 Å². The average molecular weight is 382 g/mol. The van der Waals surface area contributed by atoms with Gasteiger partial charge in [0.25, 0.3) is 0 Å². The topological polar surface area (TPSA) is 115 Å². The van der Waals surface area contributed by atoms with E-state index in [1.807, 2.05) is 13.0 Å². The number of H-pyrrole nitrogens is 1. The molecule has 28 heavy (non-hydrogen) atoms. The molecule has 0 amide bonds. The Balaban J connectivity index is 1.45. The number of nitriles is 1. The summed E-state index contributed by atoms with van der Waals surface area (Å²) in [4.78, 5) is 11.6. The van der Waals surface area contributed by atoms with Crippen molar-refractivity contribution in [3.8, 4) is 11.9 Å². The smallest absolute Gasteiger partial charge is 0.228 e. The van der Waals surface area contributed by atoms with Crippen LogP contribution in [-0.4, -0.2) is 56.8 Å². The highest BCUT2D eigenvalue weighted by Crippen LogP contribution is 2.36. The van der Waals surface area contributed by atoms with Crippen LogP contribution in [0.25, 0.3) is 0 Å². The number of aromatic nitrogens is 4. The second kappa shape index (κ2) is 8.02. The zero-order chi connectivity index (χ0) is 19.5. The molecule has 0 aromatic carbocycles. The Hall–Kier alpha value is -2.86. The van der Waals surface area contributed by atoms with Gasteiger partial charge in [-0.1, -0.05) is 0 Å². The van der Waals surface area contributed by atoms with Crippen LogP contribution in [0.15, 0.2) is 12.1 Å². The molecule has 2 fully saturated rings. The van der Waals surface area contributed by atoms with E-state index in [2.05, 4.69) is 41.8 Å². The zero-order valence-corrected chi connectivity index (χ0v) is 16.3. The van der Waals surface area contributed by atoms with Crippen molar-refractivity contribution in [1.82, 2.24) is 25.1 Å². The highest BCUT2D eigenvalue weighted by molar-refractivity contribution is 5.55. The number of hydrogen-bond acceptors (Lipinski definition) is 8. The molecule has 148 valence electrons. The lowest BCUT2D eigenvalue weighted by atomic mass is 9.97. The third kappa shape index (κ3) is 4.02. The molecule has 0 aliphatic carbocycles. The van der Waals surface area contributed by atoms with Crippen LogP contribution in [0.1, 0.15) is 37.8 Å². The highest BCUT2D eigenvalue weighted by atomic mass is 16.5. The second-order valence-corrected chi connectivity index (χ2v) is 7.52. The largest absolute Gasteiger partial charge is 0.481 e. The summed E-state index contributed by atoms with van der Waals surface area (Å²) in [5.74, 6) is 2.40. The zero-order valence-electron chi connectivity index (χ0n) is 16.3. The fourth-order valence-electron chi connectivity index (χ4n) is 4.39. The van der Waals surface area contributed by atoms with Gasteiger partial charge in [0.1, 0.15) is 5.82 Å². The number of rotatable bonds is 7. The highest BCUT2D eigenvalue weighted by Gasteiger charge is 2.40. The van der Waals surface area contributed by atoms with Crippen LogP contribution in [0.5, 0.6) is 5.88 Å². The van der Waals surface area contributed by atoms with Crippen LogP contribution < -0.4 is 15.4 Å². The minimum atomic E-state index is 0.323. The molecule has 9 heteroatoms. The van der Waals surface area contributed by atoms with Crippen molar-refractivity contribution in [2.24, 2.45) is 0 Å². The van der Waals surface area contributed by atoms with Gasteiger partial charge in [0.2, 0.25) is 11.8 Å². The summed E-state index contributed by atoms with van der Waals surface area (Å²) in [6.45, 7) is 2.83. The fraction of sp³-hybridized carbons (Fsp3) is 0.579. The van der Waals surface area contributed by atoms with Crippen molar-refractivity contribution in [3.63, 3.8) is 0 Å². The lowest BCUT2D eigenvalue weighted by molar-refractivity contribution is 0.135. The van der Waals surface area contributed by atoms with Crippen molar-refractivity contribution >= 4 is 17.6 Å². The number of nitrogens with one attached hydrogen (secondary N) is 3. The maximum absolute atomic E-state index is 8.89. The molecule has 9 nitrogen and oxygen atoms in total. The first-order valence-electron chi connectivity index (χ1n) is 9.76. The number of methoxy groups -OCH3 is 1. The third-order valence-corrected chi connectivity index (χ3v) is 5.57. The fourth-order valence-corrected chi connectivity index (χ4v) is 4.39. The number of aromatic amines is 1. The van der Waals surface area contributed by atoms with Gasteiger partial charge in [0.15, 0.2) is 5.82 Å². The van der Waals surface area contributed by atoms with Crippen molar-refractivity contribution in [2.45, 2.75) is 57.2 Å². The number of nitrogens with zero attached hydrogens (tertiary/aromatic N) is 5. The van der Waals surface area contributed by atoms with E-state index in [1.165, 1.54) is 12.8 Å². The normalized spacial score (nSPS) is 24.0. The Morgan fingerprint density at radius 1 is 1.25 bits per heavy atom. The van der Waals surface area contributed by atoms with Crippen LogP contribution in [0.2, 0.25) is 0 Å².